The Balaban J connectivity index is 2.19. The van der Waals surface area contributed by atoms with Crippen molar-refractivity contribution in [3.8, 4) is 0 Å². The van der Waals surface area contributed by atoms with Gasteiger partial charge in [-0.3, -0.25) is 0 Å². The van der Waals surface area contributed by atoms with Crippen LogP contribution in [0.15, 0.2) is 24.3 Å². The van der Waals surface area contributed by atoms with Crippen molar-refractivity contribution in [1.29, 1.82) is 0 Å². The molecular weight excluding hydrogens is 277 g/mol. The van der Waals surface area contributed by atoms with E-state index in [2.05, 4.69) is 19.2 Å². The summed E-state index contributed by atoms with van der Waals surface area (Å²) in [5, 5.41) is 3.49. The lowest BCUT2D eigenvalue weighted by atomic mass is 9.99. The average Bonchev–Trinajstić information content (AvgIpc) is 2.63. The maximum absolute atomic E-state index is 12.6. The molecule has 0 saturated heterocycles. The second-order valence-corrected chi connectivity index (χ2v) is 5.81. The van der Waals surface area contributed by atoms with Gasteiger partial charge in [-0.2, -0.15) is 13.2 Å². The standard InChI is InChI=1S/C16H23F3N2/c1-3-12(2)14-11-21(9-8-16(17,18)19)15-7-5-4-6-13(15)10-20-14/h4-7,12,14,20H,3,8-11H2,1-2H3. The third-order valence-corrected chi connectivity index (χ3v) is 4.30. The second kappa shape index (κ2) is 6.69. The molecule has 2 unspecified atom stereocenters. The zero-order chi connectivity index (χ0) is 15.5. The summed E-state index contributed by atoms with van der Waals surface area (Å²) in [6, 6.07) is 7.96. The van der Waals surface area contributed by atoms with Gasteiger partial charge in [0.2, 0.25) is 0 Å². The summed E-state index contributed by atoms with van der Waals surface area (Å²) < 4.78 is 37.7. The van der Waals surface area contributed by atoms with Crippen LogP contribution in [0.5, 0.6) is 0 Å². The number of rotatable bonds is 4. The SMILES string of the molecule is CCC(C)C1CN(CCC(F)(F)F)c2ccccc2CN1. The fourth-order valence-corrected chi connectivity index (χ4v) is 2.75. The van der Waals surface area contributed by atoms with Crippen LogP contribution >= 0.6 is 0 Å². The van der Waals surface area contributed by atoms with Crippen LogP contribution < -0.4 is 10.2 Å². The number of hydrogen-bond acceptors (Lipinski definition) is 2. The van der Waals surface area contributed by atoms with Gasteiger partial charge in [-0.25, -0.2) is 0 Å². The van der Waals surface area contributed by atoms with Crippen LogP contribution in [0.1, 0.15) is 32.3 Å². The van der Waals surface area contributed by atoms with Crippen LogP contribution in [-0.4, -0.2) is 25.3 Å². The number of nitrogens with zero attached hydrogens (tertiary/aromatic N) is 1. The number of alkyl halides is 3. The maximum atomic E-state index is 12.6. The van der Waals surface area contributed by atoms with E-state index in [1.807, 2.05) is 29.2 Å². The fourth-order valence-electron chi connectivity index (χ4n) is 2.75. The molecule has 0 bridgehead atoms. The summed E-state index contributed by atoms with van der Waals surface area (Å²) in [6.45, 7) is 5.63. The number of hydrogen-bond donors (Lipinski definition) is 1. The molecule has 2 rings (SSSR count). The summed E-state index contributed by atoms with van der Waals surface area (Å²) in [7, 11) is 0. The van der Waals surface area contributed by atoms with Gasteiger partial charge in [0.15, 0.2) is 0 Å². The van der Waals surface area contributed by atoms with Crippen LogP contribution in [0.3, 0.4) is 0 Å². The summed E-state index contributed by atoms with van der Waals surface area (Å²) in [6.07, 6.45) is -3.86. The Labute approximate surface area is 124 Å². The zero-order valence-corrected chi connectivity index (χ0v) is 12.6. The van der Waals surface area contributed by atoms with Gasteiger partial charge in [0.25, 0.3) is 0 Å². The molecule has 0 saturated carbocycles. The van der Waals surface area contributed by atoms with Gasteiger partial charge in [0.1, 0.15) is 0 Å². The van der Waals surface area contributed by atoms with E-state index < -0.39 is 12.6 Å². The van der Waals surface area contributed by atoms with E-state index >= 15 is 0 Å². The number of benzene rings is 1. The van der Waals surface area contributed by atoms with Crippen LogP contribution in [-0.2, 0) is 6.54 Å². The highest BCUT2D eigenvalue weighted by atomic mass is 19.4. The van der Waals surface area contributed by atoms with Gasteiger partial charge < -0.3 is 10.2 Å². The predicted octanol–water partition coefficient (Wildman–Crippen LogP) is 3.96. The Morgan fingerprint density at radius 2 is 2.05 bits per heavy atom. The zero-order valence-electron chi connectivity index (χ0n) is 12.6. The van der Waals surface area contributed by atoms with Gasteiger partial charge in [-0.15, -0.1) is 0 Å². The molecule has 1 aliphatic rings. The highest BCUT2D eigenvalue weighted by Gasteiger charge is 2.30. The molecule has 1 aliphatic heterocycles. The fraction of sp³-hybridized carbons (Fsp3) is 0.625. The minimum Gasteiger partial charge on any atom is -0.369 e. The smallest absolute Gasteiger partial charge is 0.369 e. The molecule has 0 radical (unpaired) electrons. The molecule has 1 aromatic carbocycles. The van der Waals surface area contributed by atoms with Gasteiger partial charge in [0.05, 0.1) is 6.42 Å². The highest BCUT2D eigenvalue weighted by Crippen LogP contribution is 2.28. The van der Waals surface area contributed by atoms with E-state index in [-0.39, 0.29) is 12.6 Å². The highest BCUT2D eigenvalue weighted by molar-refractivity contribution is 5.54. The Kier molecular flexibility index (Phi) is 5.14. The molecule has 0 spiro atoms. The first kappa shape index (κ1) is 16.1. The van der Waals surface area contributed by atoms with Crippen molar-refractivity contribution >= 4 is 5.69 Å². The first-order chi connectivity index (χ1) is 9.90. The quantitative estimate of drug-likeness (QED) is 0.905. The third-order valence-electron chi connectivity index (χ3n) is 4.30. The molecule has 0 fully saturated rings. The van der Waals surface area contributed by atoms with Crippen LogP contribution in [0.4, 0.5) is 18.9 Å². The molecule has 1 aromatic rings. The van der Waals surface area contributed by atoms with Crippen LogP contribution in [0.2, 0.25) is 0 Å². The number of fused-ring (bicyclic) bond motifs is 1. The van der Waals surface area contributed by atoms with E-state index in [0.717, 1.165) is 17.7 Å². The topological polar surface area (TPSA) is 15.3 Å². The molecule has 0 amide bonds. The lowest BCUT2D eigenvalue weighted by Gasteiger charge is -2.30. The molecule has 0 aromatic heterocycles. The first-order valence-corrected chi connectivity index (χ1v) is 7.53. The lowest BCUT2D eigenvalue weighted by molar-refractivity contribution is -0.132. The molecule has 0 aliphatic carbocycles. The third kappa shape index (κ3) is 4.37. The molecular formula is C16H23F3N2. The maximum Gasteiger partial charge on any atom is 0.390 e. The van der Waals surface area contributed by atoms with Gasteiger partial charge >= 0.3 is 6.18 Å². The summed E-state index contributed by atoms with van der Waals surface area (Å²) in [4.78, 5) is 1.89. The van der Waals surface area contributed by atoms with Crippen LogP contribution in [0.25, 0.3) is 0 Å². The number of para-hydroxylation sites is 1. The molecule has 118 valence electrons. The molecule has 2 nitrogen and oxygen atoms in total. The van der Waals surface area contributed by atoms with Gasteiger partial charge in [-0.1, -0.05) is 38.5 Å². The van der Waals surface area contributed by atoms with Crippen molar-refractivity contribution in [1.82, 2.24) is 5.32 Å². The van der Waals surface area contributed by atoms with E-state index in [9.17, 15) is 13.2 Å². The Bertz CT molecular complexity index is 459. The van der Waals surface area contributed by atoms with Crippen molar-refractivity contribution in [2.45, 2.75) is 45.5 Å². The summed E-state index contributed by atoms with van der Waals surface area (Å²) in [5.41, 5.74) is 2.01. The average molecular weight is 300 g/mol. The normalized spacial score (nSPS) is 20.8. The number of halogens is 3. The Morgan fingerprint density at radius 1 is 1.33 bits per heavy atom. The molecule has 1 N–H and O–H groups in total. The van der Waals surface area contributed by atoms with Crippen LogP contribution in [0, 0.1) is 5.92 Å². The van der Waals surface area contributed by atoms with Gasteiger partial charge in [0, 0.05) is 31.4 Å². The summed E-state index contributed by atoms with van der Waals surface area (Å²) >= 11 is 0. The molecule has 5 heteroatoms. The van der Waals surface area contributed by atoms with Crippen molar-refractivity contribution < 1.29 is 13.2 Å². The second-order valence-electron chi connectivity index (χ2n) is 5.81. The first-order valence-electron chi connectivity index (χ1n) is 7.53. The Hall–Kier alpha value is -1.23. The van der Waals surface area contributed by atoms with Crippen molar-refractivity contribution in [3.05, 3.63) is 29.8 Å². The largest absolute Gasteiger partial charge is 0.390 e. The van der Waals surface area contributed by atoms with E-state index in [0.29, 0.717) is 19.0 Å². The number of anilines is 1. The molecule has 21 heavy (non-hydrogen) atoms. The van der Waals surface area contributed by atoms with Crippen molar-refractivity contribution in [2.75, 3.05) is 18.0 Å². The van der Waals surface area contributed by atoms with E-state index in [4.69, 9.17) is 0 Å². The number of nitrogens with one attached hydrogen (secondary N) is 1. The van der Waals surface area contributed by atoms with E-state index in [1.165, 1.54) is 0 Å². The monoisotopic (exact) mass is 300 g/mol. The van der Waals surface area contributed by atoms with Gasteiger partial charge in [-0.05, 0) is 17.5 Å². The summed E-state index contributed by atoms with van der Waals surface area (Å²) in [5.74, 6) is 0.438. The predicted molar refractivity (Wildman–Crippen MR) is 79.4 cm³/mol. The minimum absolute atomic E-state index is 0.0229. The van der Waals surface area contributed by atoms with E-state index in [1.54, 1.807) is 0 Å². The van der Waals surface area contributed by atoms with Crippen molar-refractivity contribution in [2.24, 2.45) is 5.92 Å². The minimum atomic E-state index is -4.11. The lowest BCUT2D eigenvalue weighted by Crippen LogP contribution is -2.43. The molecule has 2 atom stereocenters. The Morgan fingerprint density at radius 3 is 2.71 bits per heavy atom. The molecule has 1 heterocycles. The van der Waals surface area contributed by atoms with Crippen molar-refractivity contribution in [3.63, 3.8) is 0 Å².